The normalized spacial score (nSPS) is 17.0. The molecule has 0 radical (unpaired) electrons. The summed E-state index contributed by atoms with van der Waals surface area (Å²) in [5, 5.41) is 4.22. The molecule has 0 spiro atoms. The van der Waals surface area contributed by atoms with E-state index in [1.807, 2.05) is 24.3 Å². The first-order valence-corrected chi connectivity index (χ1v) is 10.9. The summed E-state index contributed by atoms with van der Waals surface area (Å²) in [6, 6.07) is 9.34. The molecule has 1 saturated heterocycles. The number of aromatic nitrogens is 4. The zero-order valence-electron chi connectivity index (χ0n) is 19.0. The first kappa shape index (κ1) is 22.7. The third-order valence-corrected chi connectivity index (χ3v) is 5.33. The van der Waals surface area contributed by atoms with Crippen LogP contribution in [0.2, 0.25) is 0 Å². The Labute approximate surface area is 192 Å². The molecule has 1 aromatic carbocycles. The number of fused-ring (bicyclic) bond motifs is 1. The van der Waals surface area contributed by atoms with E-state index in [2.05, 4.69) is 28.9 Å². The van der Waals surface area contributed by atoms with Crippen molar-refractivity contribution in [1.29, 1.82) is 0 Å². The van der Waals surface area contributed by atoms with E-state index in [4.69, 9.17) is 9.47 Å². The number of benzene rings is 1. The van der Waals surface area contributed by atoms with Gasteiger partial charge >= 0.3 is 0 Å². The minimum Gasteiger partial charge on any atom is -0.497 e. The van der Waals surface area contributed by atoms with Crippen molar-refractivity contribution < 1.29 is 19.1 Å². The Hall–Kier alpha value is -3.53. The van der Waals surface area contributed by atoms with Crippen molar-refractivity contribution in [3.63, 3.8) is 0 Å². The average Bonchev–Trinajstić information content (AvgIpc) is 3.18. The molecule has 1 aliphatic rings. The molecule has 3 aromatic rings. The SMILES string of the molecule is COc1cccc(CO[C@H]2CN(CC(C)C)C(=O)CN(C(=O)c3nc4ncccn4n3)C2)c1. The standard InChI is InChI=1S/C23H28N6O4/c1-16(2)11-27-12-19(33-15-17-6-4-7-18(10-17)32-3)13-28(14-20(27)30)22(31)21-25-23-24-8-5-9-29(23)26-21/h4-10,16,19H,11-15H2,1-3H3/t19-/m0/s1. The van der Waals surface area contributed by atoms with E-state index < -0.39 is 5.91 Å². The third kappa shape index (κ3) is 5.46. The summed E-state index contributed by atoms with van der Waals surface area (Å²) in [4.78, 5) is 37.8. The van der Waals surface area contributed by atoms with Crippen molar-refractivity contribution in [2.24, 2.45) is 5.92 Å². The fourth-order valence-corrected chi connectivity index (χ4v) is 3.80. The molecule has 1 aliphatic heterocycles. The fraction of sp³-hybridized carbons (Fsp3) is 0.435. The molecule has 2 aromatic heterocycles. The Morgan fingerprint density at radius 2 is 2.09 bits per heavy atom. The van der Waals surface area contributed by atoms with E-state index >= 15 is 0 Å². The Kier molecular flexibility index (Phi) is 6.83. The maximum absolute atomic E-state index is 13.2. The van der Waals surface area contributed by atoms with Crippen LogP contribution in [0.1, 0.15) is 30.0 Å². The van der Waals surface area contributed by atoms with Crippen LogP contribution < -0.4 is 4.74 Å². The largest absolute Gasteiger partial charge is 0.497 e. The highest BCUT2D eigenvalue weighted by atomic mass is 16.5. The van der Waals surface area contributed by atoms with Gasteiger partial charge in [-0.05, 0) is 29.7 Å². The van der Waals surface area contributed by atoms with Gasteiger partial charge in [0.2, 0.25) is 11.7 Å². The van der Waals surface area contributed by atoms with Gasteiger partial charge in [0.25, 0.3) is 11.7 Å². The molecule has 2 amide bonds. The Bertz CT molecular complexity index is 1100. The smallest absolute Gasteiger partial charge is 0.294 e. The van der Waals surface area contributed by atoms with Crippen molar-refractivity contribution in [2.45, 2.75) is 26.6 Å². The van der Waals surface area contributed by atoms with Gasteiger partial charge in [0.1, 0.15) is 12.3 Å². The Morgan fingerprint density at radius 1 is 1.24 bits per heavy atom. The number of rotatable bonds is 7. The lowest BCUT2D eigenvalue weighted by molar-refractivity contribution is -0.132. The quantitative estimate of drug-likeness (QED) is 0.537. The van der Waals surface area contributed by atoms with Crippen molar-refractivity contribution in [1.82, 2.24) is 29.4 Å². The van der Waals surface area contributed by atoms with Crippen LogP contribution in [0.25, 0.3) is 5.78 Å². The van der Waals surface area contributed by atoms with Crippen LogP contribution in [-0.4, -0.2) is 80.6 Å². The van der Waals surface area contributed by atoms with E-state index in [9.17, 15) is 9.59 Å². The predicted molar refractivity (Wildman–Crippen MR) is 120 cm³/mol. The molecule has 1 atom stereocenters. The van der Waals surface area contributed by atoms with Gasteiger partial charge in [0.05, 0.1) is 19.8 Å². The summed E-state index contributed by atoms with van der Waals surface area (Å²) in [6.07, 6.45) is 2.89. The van der Waals surface area contributed by atoms with Crippen LogP contribution >= 0.6 is 0 Å². The van der Waals surface area contributed by atoms with Crippen LogP contribution in [0.3, 0.4) is 0 Å². The van der Waals surface area contributed by atoms with Gasteiger partial charge in [-0.1, -0.05) is 26.0 Å². The topological polar surface area (TPSA) is 102 Å². The summed E-state index contributed by atoms with van der Waals surface area (Å²) < 4.78 is 12.9. The third-order valence-electron chi connectivity index (χ3n) is 5.33. The van der Waals surface area contributed by atoms with Crippen molar-refractivity contribution in [3.05, 3.63) is 54.1 Å². The van der Waals surface area contributed by atoms with Gasteiger partial charge in [-0.2, -0.15) is 4.98 Å². The zero-order chi connectivity index (χ0) is 23.4. The monoisotopic (exact) mass is 452 g/mol. The number of ether oxygens (including phenoxy) is 2. The lowest BCUT2D eigenvalue weighted by atomic mass is 10.2. The number of hydrogen-bond donors (Lipinski definition) is 0. The minimum atomic E-state index is -0.421. The highest BCUT2D eigenvalue weighted by Crippen LogP contribution is 2.17. The molecule has 0 unspecified atom stereocenters. The maximum Gasteiger partial charge on any atom is 0.294 e. The summed E-state index contributed by atoms with van der Waals surface area (Å²) >= 11 is 0. The Morgan fingerprint density at radius 3 is 2.85 bits per heavy atom. The molecule has 0 aliphatic carbocycles. The van der Waals surface area contributed by atoms with E-state index in [1.165, 1.54) is 9.42 Å². The highest BCUT2D eigenvalue weighted by Gasteiger charge is 2.33. The number of carbonyl (C=O) groups is 2. The molecule has 10 nitrogen and oxygen atoms in total. The predicted octanol–water partition coefficient (Wildman–Crippen LogP) is 1.66. The molecule has 0 bridgehead atoms. The van der Waals surface area contributed by atoms with E-state index in [0.717, 1.165) is 11.3 Å². The van der Waals surface area contributed by atoms with Crippen molar-refractivity contribution in [3.8, 4) is 5.75 Å². The number of nitrogens with zero attached hydrogens (tertiary/aromatic N) is 6. The van der Waals surface area contributed by atoms with Crippen molar-refractivity contribution in [2.75, 3.05) is 33.3 Å². The molecule has 3 heterocycles. The number of amides is 2. The summed E-state index contributed by atoms with van der Waals surface area (Å²) in [7, 11) is 1.62. The van der Waals surface area contributed by atoms with Gasteiger partial charge < -0.3 is 19.3 Å². The van der Waals surface area contributed by atoms with Crippen LogP contribution in [0.4, 0.5) is 0 Å². The second-order valence-corrected chi connectivity index (χ2v) is 8.46. The van der Waals surface area contributed by atoms with E-state index in [1.54, 1.807) is 30.5 Å². The number of hydrogen-bond acceptors (Lipinski definition) is 7. The van der Waals surface area contributed by atoms with E-state index in [0.29, 0.717) is 31.4 Å². The summed E-state index contributed by atoms with van der Waals surface area (Å²) in [5.74, 6) is 0.833. The maximum atomic E-state index is 13.2. The van der Waals surface area contributed by atoms with Crippen LogP contribution in [0.15, 0.2) is 42.7 Å². The van der Waals surface area contributed by atoms with Crippen LogP contribution in [0.5, 0.6) is 5.75 Å². The van der Waals surface area contributed by atoms with Gasteiger partial charge in [-0.25, -0.2) is 9.50 Å². The zero-order valence-corrected chi connectivity index (χ0v) is 19.0. The first-order valence-electron chi connectivity index (χ1n) is 10.9. The highest BCUT2D eigenvalue weighted by molar-refractivity contribution is 5.94. The van der Waals surface area contributed by atoms with Gasteiger partial charge in [0.15, 0.2) is 0 Å². The van der Waals surface area contributed by atoms with Crippen LogP contribution in [-0.2, 0) is 16.1 Å². The second kappa shape index (κ2) is 9.95. The fourth-order valence-electron chi connectivity index (χ4n) is 3.80. The van der Waals surface area contributed by atoms with E-state index in [-0.39, 0.29) is 30.9 Å². The molecule has 10 heteroatoms. The molecular weight excluding hydrogens is 424 g/mol. The lowest BCUT2D eigenvalue weighted by Gasteiger charge is -2.26. The molecule has 1 fully saturated rings. The lowest BCUT2D eigenvalue weighted by Crippen LogP contribution is -2.40. The van der Waals surface area contributed by atoms with Crippen molar-refractivity contribution >= 4 is 17.6 Å². The van der Waals surface area contributed by atoms with Gasteiger partial charge in [0, 0.05) is 32.0 Å². The first-order chi connectivity index (χ1) is 15.9. The molecule has 33 heavy (non-hydrogen) atoms. The van der Waals surface area contributed by atoms with Crippen LogP contribution in [0, 0.1) is 5.92 Å². The summed E-state index contributed by atoms with van der Waals surface area (Å²) in [6.45, 7) is 5.66. The van der Waals surface area contributed by atoms with Gasteiger partial charge in [-0.3, -0.25) is 9.59 Å². The summed E-state index contributed by atoms with van der Waals surface area (Å²) in [5.41, 5.74) is 0.950. The molecule has 174 valence electrons. The van der Waals surface area contributed by atoms with Gasteiger partial charge in [-0.15, -0.1) is 5.10 Å². The average molecular weight is 453 g/mol. The molecule has 4 rings (SSSR count). The number of carbonyl (C=O) groups excluding carboxylic acids is 2. The Balaban J connectivity index is 1.53. The molecule has 0 saturated carbocycles. The second-order valence-electron chi connectivity index (χ2n) is 8.46. The molecular formula is C23H28N6O4. The minimum absolute atomic E-state index is 0.00496. The molecule has 0 N–H and O–H groups in total. The number of methoxy groups -OCH3 is 1.